The van der Waals surface area contributed by atoms with E-state index < -0.39 is 6.09 Å². The van der Waals surface area contributed by atoms with E-state index in [1.54, 1.807) is 12.1 Å². The Morgan fingerprint density at radius 3 is 2.87 bits per heavy atom. The molecule has 1 amide bonds. The fourth-order valence-corrected chi connectivity index (χ4v) is 2.99. The van der Waals surface area contributed by atoms with Crippen molar-refractivity contribution in [3.63, 3.8) is 0 Å². The number of aromatic nitrogens is 1. The summed E-state index contributed by atoms with van der Waals surface area (Å²) in [4.78, 5) is 17.2. The van der Waals surface area contributed by atoms with E-state index in [2.05, 4.69) is 4.98 Å². The minimum absolute atomic E-state index is 0.189. The molecule has 1 fully saturated rings. The second-order valence-corrected chi connectivity index (χ2v) is 5.72. The van der Waals surface area contributed by atoms with Gasteiger partial charge in [0.2, 0.25) is 0 Å². The van der Waals surface area contributed by atoms with E-state index in [1.165, 1.54) is 17.0 Å². The average Bonchev–Trinajstić information content (AvgIpc) is 2.89. The fraction of sp³-hybridized carbons (Fsp3) is 0.294. The summed E-state index contributed by atoms with van der Waals surface area (Å²) in [6.07, 6.45) is 0.154. The number of pyridine rings is 1. The van der Waals surface area contributed by atoms with Crippen LogP contribution in [0.25, 0.3) is 11.3 Å². The van der Waals surface area contributed by atoms with Gasteiger partial charge in [0, 0.05) is 30.3 Å². The Kier molecular flexibility index (Phi) is 4.25. The van der Waals surface area contributed by atoms with Crippen molar-refractivity contribution < 1.29 is 14.3 Å². The maximum atomic E-state index is 13.4. The number of carbonyl (C=O) groups is 1. The number of halogens is 1. The van der Waals surface area contributed by atoms with Crippen LogP contribution in [0.5, 0.6) is 0 Å². The van der Waals surface area contributed by atoms with E-state index in [4.69, 9.17) is 5.73 Å². The zero-order chi connectivity index (χ0) is 16.4. The largest absolute Gasteiger partial charge is 0.465 e. The first kappa shape index (κ1) is 15.4. The summed E-state index contributed by atoms with van der Waals surface area (Å²) in [6, 6.07) is 11.3. The topological polar surface area (TPSA) is 79.5 Å². The lowest BCUT2D eigenvalue weighted by molar-refractivity contribution is 0.138. The predicted octanol–water partition coefficient (Wildman–Crippen LogP) is 2.51. The predicted molar refractivity (Wildman–Crippen MR) is 84.4 cm³/mol. The van der Waals surface area contributed by atoms with Crippen LogP contribution in [-0.2, 0) is 6.42 Å². The smallest absolute Gasteiger partial charge is 0.407 e. The molecule has 0 aliphatic carbocycles. The third kappa shape index (κ3) is 3.32. The van der Waals surface area contributed by atoms with E-state index in [9.17, 15) is 14.3 Å². The van der Waals surface area contributed by atoms with Crippen LogP contribution in [-0.4, -0.2) is 39.7 Å². The van der Waals surface area contributed by atoms with Gasteiger partial charge >= 0.3 is 6.09 Å². The number of benzene rings is 1. The van der Waals surface area contributed by atoms with Crippen LogP contribution in [0.15, 0.2) is 42.5 Å². The number of hydrogen-bond acceptors (Lipinski definition) is 3. The monoisotopic (exact) mass is 315 g/mol. The number of rotatable bonds is 3. The number of nitrogens with two attached hydrogens (primary N) is 1. The van der Waals surface area contributed by atoms with Crippen molar-refractivity contribution in [1.29, 1.82) is 0 Å². The van der Waals surface area contributed by atoms with Gasteiger partial charge in [0.05, 0.1) is 11.7 Å². The highest BCUT2D eigenvalue weighted by Gasteiger charge is 2.35. The summed E-state index contributed by atoms with van der Waals surface area (Å²) in [6.45, 7) is 0.449. The lowest BCUT2D eigenvalue weighted by Crippen LogP contribution is -2.43. The summed E-state index contributed by atoms with van der Waals surface area (Å²) >= 11 is 0. The van der Waals surface area contributed by atoms with Gasteiger partial charge in [-0.15, -0.1) is 0 Å². The second kappa shape index (κ2) is 6.34. The molecule has 23 heavy (non-hydrogen) atoms. The Morgan fingerprint density at radius 2 is 2.13 bits per heavy atom. The third-order valence-electron chi connectivity index (χ3n) is 4.19. The molecule has 2 aromatic rings. The fourth-order valence-electron chi connectivity index (χ4n) is 2.99. The lowest BCUT2D eigenvalue weighted by Gasteiger charge is -2.24. The van der Waals surface area contributed by atoms with E-state index in [0.717, 1.165) is 5.69 Å². The quantitative estimate of drug-likeness (QED) is 0.912. The van der Waals surface area contributed by atoms with Crippen LogP contribution in [0, 0.1) is 5.82 Å². The summed E-state index contributed by atoms with van der Waals surface area (Å²) in [7, 11) is 0. The van der Waals surface area contributed by atoms with Crippen molar-refractivity contribution in [2.45, 2.75) is 24.9 Å². The second-order valence-electron chi connectivity index (χ2n) is 5.72. The summed E-state index contributed by atoms with van der Waals surface area (Å²) in [5, 5.41) is 9.25. The van der Waals surface area contributed by atoms with Crippen LogP contribution >= 0.6 is 0 Å². The van der Waals surface area contributed by atoms with Crippen molar-refractivity contribution in [3.8, 4) is 11.3 Å². The SMILES string of the molecule is N[C@H]1CCN(C(=O)O)[C@H]1Cc1cccc(-c2cccc(F)c2)n1. The first-order valence-corrected chi connectivity index (χ1v) is 7.51. The Morgan fingerprint density at radius 1 is 1.35 bits per heavy atom. The molecule has 1 aromatic carbocycles. The molecule has 2 heterocycles. The first-order chi connectivity index (χ1) is 11.0. The van der Waals surface area contributed by atoms with E-state index in [0.29, 0.717) is 30.6 Å². The molecule has 1 aliphatic rings. The molecule has 3 rings (SSSR count). The summed E-state index contributed by atoms with van der Waals surface area (Å²) in [5.41, 5.74) is 8.15. The lowest BCUT2D eigenvalue weighted by atomic mass is 10.0. The molecule has 0 spiro atoms. The van der Waals surface area contributed by atoms with Gasteiger partial charge in [-0.1, -0.05) is 18.2 Å². The van der Waals surface area contributed by atoms with Gasteiger partial charge in [0.25, 0.3) is 0 Å². The molecule has 0 bridgehead atoms. The highest BCUT2D eigenvalue weighted by atomic mass is 19.1. The number of carboxylic acid groups (broad SMARTS) is 1. The molecule has 6 heteroatoms. The molecule has 120 valence electrons. The number of nitrogens with zero attached hydrogens (tertiary/aromatic N) is 2. The zero-order valence-corrected chi connectivity index (χ0v) is 12.5. The highest BCUT2D eigenvalue weighted by Crippen LogP contribution is 2.22. The molecule has 1 aromatic heterocycles. The van der Waals surface area contributed by atoms with E-state index in [-0.39, 0.29) is 17.9 Å². The van der Waals surface area contributed by atoms with Gasteiger partial charge in [-0.2, -0.15) is 0 Å². The third-order valence-corrected chi connectivity index (χ3v) is 4.19. The van der Waals surface area contributed by atoms with Gasteiger partial charge < -0.3 is 15.7 Å². The average molecular weight is 315 g/mol. The molecule has 0 unspecified atom stereocenters. The van der Waals surface area contributed by atoms with Gasteiger partial charge in [-0.05, 0) is 30.7 Å². The standard InChI is InChI=1S/C17H18FN3O2/c18-12-4-1-3-11(9-12)15-6-2-5-13(20-15)10-16-14(19)7-8-21(16)17(22)23/h1-6,9,14,16H,7-8,10,19H2,(H,22,23)/t14-,16-/m0/s1. The molecule has 1 aliphatic heterocycles. The zero-order valence-electron chi connectivity index (χ0n) is 12.5. The van der Waals surface area contributed by atoms with Crippen molar-refractivity contribution >= 4 is 6.09 Å². The maximum absolute atomic E-state index is 13.4. The highest BCUT2D eigenvalue weighted by molar-refractivity contribution is 5.66. The molecule has 0 radical (unpaired) electrons. The van der Waals surface area contributed by atoms with Crippen molar-refractivity contribution in [3.05, 3.63) is 54.0 Å². The molecule has 5 nitrogen and oxygen atoms in total. The van der Waals surface area contributed by atoms with E-state index in [1.807, 2.05) is 18.2 Å². The van der Waals surface area contributed by atoms with Gasteiger partial charge in [-0.3, -0.25) is 4.98 Å². The Bertz CT molecular complexity index is 722. The van der Waals surface area contributed by atoms with Crippen molar-refractivity contribution in [2.75, 3.05) is 6.54 Å². The van der Waals surface area contributed by atoms with Crippen LogP contribution in [0.1, 0.15) is 12.1 Å². The normalized spacial score (nSPS) is 20.7. The Hall–Kier alpha value is -2.47. The molecular formula is C17H18FN3O2. The van der Waals surface area contributed by atoms with Crippen molar-refractivity contribution in [2.24, 2.45) is 5.73 Å². The van der Waals surface area contributed by atoms with Crippen LogP contribution in [0.2, 0.25) is 0 Å². The van der Waals surface area contributed by atoms with Crippen LogP contribution in [0.3, 0.4) is 0 Å². The summed E-state index contributed by atoms with van der Waals surface area (Å²) in [5.74, 6) is -0.315. The maximum Gasteiger partial charge on any atom is 0.407 e. The molecule has 0 saturated carbocycles. The van der Waals surface area contributed by atoms with Crippen LogP contribution in [0.4, 0.5) is 9.18 Å². The minimum Gasteiger partial charge on any atom is -0.465 e. The van der Waals surface area contributed by atoms with Crippen molar-refractivity contribution in [1.82, 2.24) is 9.88 Å². The Labute approximate surface area is 133 Å². The molecular weight excluding hydrogens is 297 g/mol. The number of hydrogen-bond donors (Lipinski definition) is 2. The summed E-state index contributed by atoms with van der Waals surface area (Å²) < 4.78 is 13.4. The number of amides is 1. The molecule has 2 atom stereocenters. The van der Waals surface area contributed by atoms with Crippen LogP contribution < -0.4 is 5.73 Å². The van der Waals surface area contributed by atoms with Gasteiger partial charge in [0.15, 0.2) is 0 Å². The van der Waals surface area contributed by atoms with Gasteiger partial charge in [0.1, 0.15) is 5.82 Å². The Balaban J connectivity index is 1.84. The molecule has 1 saturated heterocycles. The van der Waals surface area contributed by atoms with E-state index >= 15 is 0 Å². The van der Waals surface area contributed by atoms with Gasteiger partial charge in [-0.25, -0.2) is 9.18 Å². The molecule has 3 N–H and O–H groups in total. The number of likely N-dealkylation sites (tertiary alicyclic amines) is 1. The first-order valence-electron chi connectivity index (χ1n) is 7.51. The minimum atomic E-state index is -0.954.